The maximum atomic E-state index is 9.88. The van der Waals surface area contributed by atoms with Crippen molar-refractivity contribution in [1.82, 2.24) is 10.2 Å². The average molecular weight is 411 g/mol. The fraction of sp³-hybridized carbons (Fsp3) is 0.933. The number of aliphatic hydroxyl groups is 1. The molecule has 1 saturated carbocycles. The van der Waals surface area contributed by atoms with Crippen LogP contribution in [-0.2, 0) is 4.74 Å². The predicted octanol–water partition coefficient (Wildman–Crippen LogP) is 1.70. The molecule has 0 aromatic rings. The summed E-state index contributed by atoms with van der Waals surface area (Å²) in [6, 6.07) is 0. The van der Waals surface area contributed by atoms with Crippen LogP contribution in [0.4, 0.5) is 0 Å². The van der Waals surface area contributed by atoms with Crippen molar-refractivity contribution in [2.45, 2.75) is 38.7 Å². The molecule has 1 aliphatic heterocycles. The second-order valence-electron chi connectivity index (χ2n) is 6.06. The molecule has 1 saturated heterocycles. The molecular weight excluding hydrogens is 381 g/mol. The number of aliphatic hydroxyl groups excluding tert-OH is 1. The summed E-state index contributed by atoms with van der Waals surface area (Å²) in [6.07, 6.45) is 4.16. The van der Waals surface area contributed by atoms with E-state index < -0.39 is 0 Å². The number of ether oxygens (including phenoxy) is 1. The molecule has 6 heteroatoms. The van der Waals surface area contributed by atoms with E-state index in [1.54, 1.807) is 0 Å². The minimum absolute atomic E-state index is 0. The van der Waals surface area contributed by atoms with E-state index in [9.17, 15) is 5.11 Å². The highest BCUT2D eigenvalue weighted by molar-refractivity contribution is 14.0. The maximum absolute atomic E-state index is 9.88. The van der Waals surface area contributed by atoms with Crippen molar-refractivity contribution in [1.29, 1.82) is 0 Å². The van der Waals surface area contributed by atoms with E-state index >= 15 is 0 Å². The third kappa shape index (κ3) is 5.90. The van der Waals surface area contributed by atoms with Gasteiger partial charge in [-0.05, 0) is 26.2 Å². The molecule has 0 aromatic carbocycles. The standard InChI is InChI=1S/C15H29N3O2.HI/c1-3-16-15(17-9-13-5-4-6-14(13)19)18(2)10-12-7-8-20-11-12;/h12-14,19H,3-11H2,1-2H3,(H,16,17);1H. The molecule has 0 aromatic heterocycles. The molecular formula is C15H30IN3O2. The SMILES string of the molecule is CCNC(=NCC1CCCC1O)N(C)CC1CCOC1.I. The van der Waals surface area contributed by atoms with Crippen LogP contribution in [0.1, 0.15) is 32.6 Å². The Balaban J connectivity index is 0.00000220. The molecule has 1 heterocycles. The number of rotatable bonds is 5. The normalized spacial score (nSPS) is 29.3. The van der Waals surface area contributed by atoms with Crippen LogP contribution >= 0.6 is 24.0 Å². The van der Waals surface area contributed by atoms with Gasteiger partial charge in [-0.1, -0.05) is 6.42 Å². The number of nitrogens with one attached hydrogen (secondary N) is 1. The van der Waals surface area contributed by atoms with Gasteiger partial charge in [-0.15, -0.1) is 24.0 Å². The van der Waals surface area contributed by atoms with Crippen LogP contribution in [0.5, 0.6) is 0 Å². The van der Waals surface area contributed by atoms with E-state index in [0.717, 1.165) is 64.5 Å². The van der Waals surface area contributed by atoms with Crippen LogP contribution in [0, 0.1) is 11.8 Å². The third-order valence-corrected chi connectivity index (χ3v) is 4.35. The highest BCUT2D eigenvalue weighted by Gasteiger charge is 2.25. The Morgan fingerprint density at radius 3 is 2.76 bits per heavy atom. The van der Waals surface area contributed by atoms with Crippen LogP contribution in [-0.4, -0.2) is 62.0 Å². The van der Waals surface area contributed by atoms with Gasteiger partial charge in [0, 0.05) is 45.1 Å². The van der Waals surface area contributed by atoms with E-state index in [1.165, 1.54) is 0 Å². The molecule has 1 aliphatic carbocycles. The number of hydrogen-bond donors (Lipinski definition) is 2. The Morgan fingerprint density at radius 2 is 2.19 bits per heavy atom. The summed E-state index contributed by atoms with van der Waals surface area (Å²) in [6.45, 7) is 6.43. The average Bonchev–Trinajstić information content (AvgIpc) is 3.06. The van der Waals surface area contributed by atoms with Crippen molar-refractivity contribution in [2.75, 3.05) is 39.9 Å². The number of hydrogen-bond acceptors (Lipinski definition) is 3. The highest BCUT2D eigenvalue weighted by Crippen LogP contribution is 2.25. The highest BCUT2D eigenvalue weighted by atomic mass is 127. The molecule has 5 nitrogen and oxygen atoms in total. The van der Waals surface area contributed by atoms with Gasteiger partial charge in [-0.3, -0.25) is 4.99 Å². The summed E-state index contributed by atoms with van der Waals surface area (Å²) in [4.78, 5) is 6.92. The quantitative estimate of drug-likeness (QED) is 0.411. The Kier molecular flexibility index (Phi) is 8.89. The van der Waals surface area contributed by atoms with Gasteiger partial charge in [0.1, 0.15) is 0 Å². The molecule has 0 amide bonds. The monoisotopic (exact) mass is 411 g/mol. The molecule has 3 unspecified atom stereocenters. The molecule has 2 rings (SSSR count). The molecule has 2 fully saturated rings. The summed E-state index contributed by atoms with van der Waals surface area (Å²) in [5.41, 5.74) is 0. The van der Waals surface area contributed by atoms with Crippen molar-refractivity contribution in [2.24, 2.45) is 16.8 Å². The van der Waals surface area contributed by atoms with Gasteiger partial charge in [0.15, 0.2) is 5.96 Å². The van der Waals surface area contributed by atoms with Crippen molar-refractivity contribution in [3.63, 3.8) is 0 Å². The van der Waals surface area contributed by atoms with Crippen LogP contribution in [0.25, 0.3) is 0 Å². The summed E-state index contributed by atoms with van der Waals surface area (Å²) >= 11 is 0. The van der Waals surface area contributed by atoms with Crippen molar-refractivity contribution in [3.8, 4) is 0 Å². The molecule has 21 heavy (non-hydrogen) atoms. The van der Waals surface area contributed by atoms with Gasteiger partial charge in [0.2, 0.25) is 0 Å². The van der Waals surface area contributed by atoms with Gasteiger partial charge in [-0.2, -0.15) is 0 Å². The zero-order chi connectivity index (χ0) is 14.4. The summed E-state index contributed by atoms with van der Waals surface area (Å²) < 4.78 is 5.43. The fourth-order valence-electron chi connectivity index (χ4n) is 3.10. The number of aliphatic imine (C=N–C) groups is 1. The van der Waals surface area contributed by atoms with E-state index in [2.05, 4.69) is 24.2 Å². The second kappa shape index (κ2) is 9.84. The molecule has 2 aliphatic rings. The van der Waals surface area contributed by atoms with Gasteiger partial charge < -0.3 is 20.1 Å². The first-order valence-corrected chi connectivity index (χ1v) is 7.96. The van der Waals surface area contributed by atoms with E-state index in [0.29, 0.717) is 11.8 Å². The lowest BCUT2D eigenvalue weighted by Crippen LogP contribution is -2.42. The first-order valence-electron chi connectivity index (χ1n) is 7.96. The van der Waals surface area contributed by atoms with Crippen LogP contribution in [0.3, 0.4) is 0 Å². The minimum Gasteiger partial charge on any atom is -0.393 e. The zero-order valence-electron chi connectivity index (χ0n) is 13.3. The Bertz CT molecular complexity index is 322. The van der Waals surface area contributed by atoms with Crippen LogP contribution in [0.15, 0.2) is 4.99 Å². The number of nitrogens with zero attached hydrogens (tertiary/aromatic N) is 2. The lowest BCUT2D eigenvalue weighted by Gasteiger charge is -2.25. The number of halogens is 1. The Labute approximate surface area is 145 Å². The smallest absolute Gasteiger partial charge is 0.193 e. The van der Waals surface area contributed by atoms with Gasteiger partial charge in [0.05, 0.1) is 12.7 Å². The first-order chi connectivity index (χ1) is 9.70. The van der Waals surface area contributed by atoms with Gasteiger partial charge in [0.25, 0.3) is 0 Å². The molecule has 2 N–H and O–H groups in total. The van der Waals surface area contributed by atoms with Gasteiger partial charge >= 0.3 is 0 Å². The molecule has 0 spiro atoms. The second-order valence-corrected chi connectivity index (χ2v) is 6.06. The van der Waals surface area contributed by atoms with Crippen LogP contribution in [0.2, 0.25) is 0 Å². The molecule has 3 atom stereocenters. The first kappa shape index (κ1) is 19.0. The summed E-state index contributed by atoms with van der Waals surface area (Å²) in [7, 11) is 2.09. The molecule has 124 valence electrons. The topological polar surface area (TPSA) is 57.1 Å². The molecule has 0 radical (unpaired) electrons. The predicted molar refractivity (Wildman–Crippen MR) is 96.3 cm³/mol. The van der Waals surface area contributed by atoms with E-state index in [-0.39, 0.29) is 30.1 Å². The minimum atomic E-state index is -0.157. The Hall–Kier alpha value is -0.0800. The summed E-state index contributed by atoms with van der Waals surface area (Å²) in [5, 5.41) is 13.2. The lowest BCUT2D eigenvalue weighted by atomic mass is 10.1. The Morgan fingerprint density at radius 1 is 1.38 bits per heavy atom. The van der Waals surface area contributed by atoms with E-state index in [1.807, 2.05) is 0 Å². The van der Waals surface area contributed by atoms with Crippen molar-refractivity contribution >= 4 is 29.9 Å². The zero-order valence-corrected chi connectivity index (χ0v) is 15.6. The fourth-order valence-corrected chi connectivity index (χ4v) is 3.10. The number of guanidine groups is 1. The van der Waals surface area contributed by atoms with Crippen LogP contribution < -0.4 is 5.32 Å². The molecule has 0 bridgehead atoms. The van der Waals surface area contributed by atoms with E-state index in [4.69, 9.17) is 9.73 Å². The summed E-state index contributed by atoms with van der Waals surface area (Å²) in [5.74, 6) is 1.91. The maximum Gasteiger partial charge on any atom is 0.193 e. The third-order valence-electron chi connectivity index (χ3n) is 4.35. The van der Waals surface area contributed by atoms with Crippen molar-refractivity contribution < 1.29 is 9.84 Å². The van der Waals surface area contributed by atoms with Gasteiger partial charge in [-0.25, -0.2) is 0 Å². The largest absolute Gasteiger partial charge is 0.393 e. The van der Waals surface area contributed by atoms with Crippen molar-refractivity contribution in [3.05, 3.63) is 0 Å². The lowest BCUT2D eigenvalue weighted by molar-refractivity contribution is 0.136.